The summed E-state index contributed by atoms with van der Waals surface area (Å²) in [4.78, 5) is 48.6. The molecule has 0 aromatic heterocycles. The van der Waals surface area contributed by atoms with Gasteiger partial charge in [0.2, 0.25) is 0 Å². The molecular formula is C24H26O8. The van der Waals surface area contributed by atoms with Gasteiger partial charge in [-0.3, -0.25) is 0 Å². The van der Waals surface area contributed by atoms with Crippen molar-refractivity contribution in [2.45, 2.75) is 52.4 Å². The molecule has 0 aliphatic carbocycles. The van der Waals surface area contributed by atoms with Gasteiger partial charge in [-0.05, 0) is 42.4 Å². The lowest BCUT2D eigenvalue weighted by Gasteiger charge is -2.22. The standard InChI is InChI=1S/C24H26O8/c1-3-5-9-13-10-7-8-12-14(13)16-15(11-6-4-2)17(21(25)26)19(23(29)30)20(24(31)32)18(16)22(27)28/h7-8,10,12H,3-6,9,11H2,1-2H3,(H,25,26)(H,27,28)(H,29,30)(H,31,32). The van der Waals surface area contributed by atoms with E-state index in [1.54, 1.807) is 24.3 Å². The Balaban J connectivity index is 3.19. The van der Waals surface area contributed by atoms with Crippen molar-refractivity contribution in [1.82, 2.24) is 0 Å². The van der Waals surface area contributed by atoms with Gasteiger partial charge in [0.05, 0.1) is 22.3 Å². The van der Waals surface area contributed by atoms with Crippen molar-refractivity contribution < 1.29 is 39.6 Å². The molecule has 0 atom stereocenters. The lowest BCUT2D eigenvalue weighted by atomic mass is 9.80. The molecule has 2 rings (SSSR count). The summed E-state index contributed by atoms with van der Waals surface area (Å²) in [5, 5.41) is 39.4. The molecule has 0 bridgehead atoms. The van der Waals surface area contributed by atoms with Crippen LogP contribution >= 0.6 is 0 Å². The van der Waals surface area contributed by atoms with E-state index in [1.165, 1.54) is 0 Å². The fraction of sp³-hybridized carbons (Fsp3) is 0.333. The SMILES string of the molecule is CCCCc1ccccc1-c1c(CCCC)c(C(=O)O)c(C(=O)O)c(C(=O)O)c1C(=O)O. The molecule has 0 radical (unpaired) electrons. The Labute approximate surface area is 185 Å². The molecule has 0 aliphatic heterocycles. The maximum atomic E-state index is 12.3. The van der Waals surface area contributed by atoms with Crippen LogP contribution in [0.5, 0.6) is 0 Å². The third kappa shape index (κ3) is 4.80. The van der Waals surface area contributed by atoms with Crippen LogP contribution < -0.4 is 0 Å². The molecule has 0 saturated carbocycles. The number of carboxylic acid groups (broad SMARTS) is 4. The maximum Gasteiger partial charge on any atom is 0.337 e. The minimum atomic E-state index is -1.81. The Bertz CT molecular complexity index is 1070. The largest absolute Gasteiger partial charge is 0.478 e. The van der Waals surface area contributed by atoms with E-state index in [1.807, 2.05) is 13.8 Å². The zero-order valence-electron chi connectivity index (χ0n) is 18.0. The molecule has 4 N–H and O–H groups in total. The quantitative estimate of drug-likeness (QED) is 0.386. The topological polar surface area (TPSA) is 149 Å². The van der Waals surface area contributed by atoms with Crippen LogP contribution in [0, 0.1) is 0 Å². The van der Waals surface area contributed by atoms with E-state index in [2.05, 4.69) is 0 Å². The van der Waals surface area contributed by atoms with Crippen LogP contribution in [0.4, 0.5) is 0 Å². The van der Waals surface area contributed by atoms with Crippen molar-refractivity contribution >= 4 is 23.9 Å². The highest BCUT2D eigenvalue weighted by Crippen LogP contribution is 2.39. The average Bonchev–Trinajstić information content (AvgIpc) is 2.74. The molecule has 0 amide bonds. The van der Waals surface area contributed by atoms with Crippen LogP contribution in [-0.4, -0.2) is 44.3 Å². The predicted molar refractivity (Wildman–Crippen MR) is 117 cm³/mol. The van der Waals surface area contributed by atoms with Gasteiger partial charge in [-0.15, -0.1) is 0 Å². The van der Waals surface area contributed by atoms with Gasteiger partial charge in [0.25, 0.3) is 0 Å². The smallest absolute Gasteiger partial charge is 0.337 e. The second-order valence-electron chi connectivity index (χ2n) is 7.44. The lowest BCUT2D eigenvalue weighted by molar-refractivity contribution is 0.0619. The number of benzene rings is 2. The molecule has 0 fully saturated rings. The van der Waals surface area contributed by atoms with Crippen molar-refractivity contribution in [3.63, 3.8) is 0 Å². The minimum absolute atomic E-state index is 0.0301. The van der Waals surface area contributed by atoms with Crippen LogP contribution in [0.25, 0.3) is 11.1 Å². The Kier molecular flexibility index (Phi) is 8.12. The van der Waals surface area contributed by atoms with E-state index in [-0.39, 0.29) is 17.5 Å². The van der Waals surface area contributed by atoms with E-state index in [9.17, 15) is 39.6 Å². The first-order chi connectivity index (χ1) is 15.2. The van der Waals surface area contributed by atoms with Crippen molar-refractivity contribution in [3.8, 4) is 11.1 Å². The van der Waals surface area contributed by atoms with Crippen LogP contribution in [-0.2, 0) is 12.8 Å². The molecule has 0 saturated heterocycles. The fourth-order valence-electron chi connectivity index (χ4n) is 3.93. The van der Waals surface area contributed by atoms with Gasteiger partial charge < -0.3 is 20.4 Å². The van der Waals surface area contributed by atoms with Crippen LogP contribution in [0.2, 0.25) is 0 Å². The fourth-order valence-corrected chi connectivity index (χ4v) is 3.93. The van der Waals surface area contributed by atoms with Gasteiger partial charge in [-0.2, -0.15) is 0 Å². The van der Waals surface area contributed by atoms with Gasteiger partial charge in [0.15, 0.2) is 0 Å². The Morgan fingerprint density at radius 3 is 1.62 bits per heavy atom. The molecule has 0 unspecified atom stereocenters. The number of carbonyl (C=O) groups is 4. The Morgan fingerprint density at radius 1 is 0.656 bits per heavy atom. The first-order valence-electron chi connectivity index (χ1n) is 10.4. The summed E-state index contributed by atoms with van der Waals surface area (Å²) in [7, 11) is 0. The number of rotatable bonds is 11. The first-order valence-corrected chi connectivity index (χ1v) is 10.4. The summed E-state index contributed by atoms with van der Waals surface area (Å²) in [6.45, 7) is 3.85. The predicted octanol–water partition coefficient (Wildman–Crippen LogP) is 4.83. The summed E-state index contributed by atoms with van der Waals surface area (Å²) in [5.74, 6) is -6.84. The molecule has 0 spiro atoms. The third-order valence-corrected chi connectivity index (χ3v) is 5.33. The summed E-state index contributed by atoms with van der Waals surface area (Å²) in [5.41, 5.74) is -2.26. The van der Waals surface area contributed by atoms with Crippen molar-refractivity contribution in [2.24, 2.45) is 0 Å². The maximum absolute atomic E-state index is 12.3. The Morgan fingerprint density at radius 2 is 1.12 bits per heavy atom. The van der Waals surface area contributed by atoms with Crippen molar-refractivity contribution in [3.05, 3.63) is 57.6 Å². The van der Waals surface area contributed by atoms with Crippen molar-refractivity contribution in [2.75, 3.05) is 0 Å². The van der Waals surface area contributed by atoms with E-state index in [4.69, 9.17) is 0 Å². The number of aromatic carboxylic acids is 4. The molecule has 170 valence electrons. The lowest BCUT2D eigenvalue weighted by Crippen LogP contribution is -2.23. The van der Waals surface area contributed by atoms with E-state index in [0.717, 1.165) is 18.4 Å². The van der Waals surface area contributed by atoms with Gasteiger partial charge >= 0.3 is 23.9 Å². The minimum Gasteiger partial charge on any atom is -0.478 e. The number of hydrogen-bond donors (Lipinski definition) is 4. The molecule has 8 heteroatoms. The average molecular weight is 442 g/mol. The molecule has 0 aliphatic rings. The molecule has 0 heterocycles. The highest BCUT2D eigenvalue weighted by Gasteiger charge is 2.36. The van der Waals surface area contributed by atoms with Crippen LogP contribution in [0.1, 0.15) is 92.1 Å². The molecular weight excluding hydrogens is 416 g/mol. The number of unbranched alkanes of at least 4 members (excludes halogenated alkanes) is 2. The second-order valence-corrected chi connectivity index (χ2v) is 7.44. The number of aryl methyl sites for hydroxylation is 1. The number of carboxylic acids is 4. The summed E-state index contributed by atoms with van der Waals surface area (Å²) in [6, 6.07) is 6.83. The zero-order chi connectivity index (χ0) is 24.0. The van der Waals surface area contributed by atoms with Gasteiger partial charge in [-0.1, -0.05) is 51.0 Å². The highest BCUT2D eigenvalue weighted by molar-refractivity contribution is 6.18. The first kappa shape index (κ1) is 24.6. The van der Waals surface area contributed by atoms with Gasteiger partial charge in [0, 0.05) is 5.56 Å². The van der Waals surface area contributed by atoms with E-state index < -0.39 is 46.1 Å². The third-order valence-electron chi connectivity index (χ3n) is 5.33. The van der Waals surface area contributed by atoms with E-state index >= 15 is 0 Å². The van der Waals surface area contributed by atoms with Gasteiger partial charge in [0.1, 0.15) is 0 Å². The van der Waals surface area contributed by atoms with Crippen LogP contribution in [0.15, 0.2) is 24.3 Å². The normalized spacial score (nSPS) is 10.7. The number of hydrogen-bond acceptors (Lipinski definition) is 4. The van der Waals surface area contributed by atoms with Gasteiger partial charge in [-0.25, -0.2) is 19.2 Å². The monoisotopic (exact) mass is 442 g/mol. The van der Waals surface area contributed by atoms with Crippen molar-refractivity contribution in [1.29, 1.82) is 0 Å². The molecule has 2 aromatic carbocycles. The summed E-state index contributed by atoms with van der Waals surface area (Å²) >= 11 is 0. The second kappa shape index (κ2) is 10.6. The zero-order valence-corrected chi connectivity index (χ0v) is 18.0. The summed E-state index contributed by atoms with van der Waals surface area (Å²) in [6.07, 6.45) is 3.42. The van der Waals surface area contributed by atoms with E-state index in [0.29, 0.717) is 24.8 Å². The van der Waals surface area contributed by atoms with Crippen LogP contribution in [0.3, 0.4) is 0 Å². The molecule has 8 nitrogen and oxygen atoms in total. The summed E-state index contributed by atoms with van der Waals surface area (Å²) < 4.78 is 0. The molecule has 2 aromatic rings. The highest BCUT2D eigenvalue weighted by atomic mass is 16.4. The Hall–Kier alpha value is -3.68. The molecule has 32 heavy (non-hydrogen) atoms.